The van der Waals surface area contributed by atoms with E-state index in [0.717, 1.165) is 31.6 Å². The molecule has 0 atom stereocenters. The summed E-state index contributed by atoms with van der Waals surface area (Å²) >= 11 is 0. The van der Waals surface area contributed by atoms with Gasteiger partial charge in [-0.25, -0.2) is 0 Å². The van der Waals surface area contributed by atoms with E-state index in [-0.39, 0.29) is 6.10 Å². The van der Waals surface area contributed by atoms with Crippen molar-refractivity contribution in [3.8, 4) is 0 Å². The Morgan fingerprint density at radius 1 is 1.44 bits per heavy atom. The fraction of sp³-hybridized carbons (Fsp3) is 0.462. The highest BCUT2D eigenvalue weighted by Gasteiger charge is 2.20. The van der Waals surface area contributed by atoms with Crippen LogP contribution < -0.4 is 11.1 Å². The van der Waals surface area contributed by atoms with E-state index in [9.17, 15) is 0 Å². The molecule has 5 nitrogen and oxygen atoms in total. The first-order valence-corrected chi connectivity index (χ1v) is 6.10. The number of rotatable bonds is 3. The molecule has 1 aliphatic carbocycles. The monoisotopic (exact) mass is 249 g/mol. The molecule has 2 aliphatic rings. The molecule has 4 N–H and O–H groups in total. The summed E-state index contributed by atoms with van der Waals surface area (Å²) in [7, 11) is 1.79. The van der Waals surface area contributed by atoms with Crippen LogP contribution in [0.5, 0.6) is 0 Å². The maximum absolute atomic E-state index is 7.90. The van der Waals surface area contributed by atoms with Crippen LogP contribution in [0.3, 0.4) is 0 Å². The van der Waals surface area contributed by atoms with E-state index in [2.05, 4.69) is 5.32 Å². The van der Waals surface area contributed by atoms with Crippen LogP contribution in [0.25, 0.3) is 0 Å². The van der Waals surface area contributed by atoms with Gasteiger partial charge in [0.05, 0.1) is 24.6 Å². The second kappa shape index (κ2) is 5.73. The Balaban J connectivity index is 2.05. The van der Waals surface area contributed by atoms with Gasteiger partial charge in [0, 0.05) is 37.7 Å². The van der Waals surface area contributed by atoms with Gasteiger partial charge in [0.1, 0.15) is 11.9 Å². The number of hydrogen-bond donors (Lipinski definition) is 3. The molecule has 1 heterocycles. The van der Waals surface area contributed by atoms with Crippen LogP contribution in [0.4, 0.5) is 0 Å². The van der Waals surface area contributed by atoms with Crippen molar-refractivity contribution in [2.75, 3.05) is 20.3 Å². The summed E-state index contributed by atoms with van der Waals surface area (Å²) in [5, 5.41) is 10.8. The third-order valence-corrected chi connectivity index (χ3v) is 2.94. The fourth-order valence-electron chi connectivity index (χ4n) is 1.96. The zero-order valence-electron chi connectivity index (χ0n) is 10.5. The molecule has 1 fully saturated rings. The molecule has 0 bridgehead atoms. The summed E-state index contributed by atoms with van der Waals surface area (Å²) in [5.41, 5.74) is 7.68. The molecule has 2 rings (SSSR count). The molecular weight excluding hydrogens is 230 g/mol. The van der Waals surface area contributed by atoms with E-state index in [0.29, 0.717) is 17.2 Å². The molecule has 0 unspecified atom stereocenters. The van der Waals surface area contributed by atoms with E-state index in [4.69, 9.17) is 20.6 Å². The van der Waals surface area contributed by atoms with Crippen molar-refractivity contribution in [3.05, 3.63) is 35.4 Å². The molecule has 98 valence electrons. The summed E-state index contributed by atoms with van der Waals surface area (Å²) in [6, 6.07) is 0. The Labute approximate surface area is 107 Å². The second-order valence-electron chi connectivity index (χ2n) is 4.34. The normalized spacial score (nSPS) is 23.6. The lowest BCUT2D eigenvalue weighted by molar-refractivity contribution is -0.00181. The molecule has 0 aromatic carbocycles. The largest absolute Gasteiger partial charge is 0.488 e. The summed E-state index contributed by atoms with van der Waals surface area (Å²) in [4.78, 5) is 0. The van der Waals surface area contributed by atoms with Crippen LogP contribution in [-0.4, -0.2) is 32.1 Å². The summed E-state index contributed by atoms with van der Waals surface area (Å²) in [5.74, 6) is 0.597. The van der Waals surface area contributed by atoms with E-state index in [1.807, 2.05) is 0 Å². The predicted octanol–water partition coefficient (Wildman–Crippen LogP) is 1.05. The van der Waals surface area contributed by atoms with Gasteiger partial charge in [0.15, 0.2) is 0 Å². The second-order valence-corrected chi connectivity index (χ2v) is 4.34. The van der Waals surface area contributed by atoms with Gasteiger partial charge >= 0.3 is 0 Å². The molecule has 5 heteroatoms. The molecule has 1 aliphatic heterocycles. The summed E-state index contributed by atoms with van der Waals surface area (Å²) < 4.78 is 11.1. The molecular formula is C13H19N3O2. The number of hydrogen-bond acceptors (Lipinski definition) is 5. The van der Waals surface area contributed by atoms with Gasteiger partial charge in [0.2, 0.25) is 0 Å². The van der Waals surface area contributed by atoms with Crippen molar-refractivity contribution in [1.82, 2.24) is 5.32 Å². The average Bonchev–Trinajstić information content (AvgIpc) is 2.37. The molecule has 0 aromatic rings. The zero-order chi connectivity index (χ0) is 13.0. The Kier molecular flexibility index (Phi) is 4.04. The minimum absolute atomic E-state index is 0.138. The van der Waals surface area contributed by atoms with Crippen molar-refractivity contribution in [2.24, 2.45) is 5.73 Å². The SMILES string of the molecule is CN/C=C1/C=C(N)C(OC2CCOCC2)=CC1=N. The first-order valence-electron chi connectivity index (χ1n) is 6.10. The van der Waals surface area contributed by atoms with Gasteiger partial charge in [-0.1, -0.05) is 0 Å². The van der Waals surface area contributed by atoms with Crippen LogP contribution >= 0.6 is 0 Å². The lowest BCUT2D eigenvalue weighted by Gasteiger charge is -2.26. The standard InChI is InChI=1S/C13H19N3O2/c1-16-8-9-6-12(15)13(7-11(9)14)18-10-2-4-17-5-3-10/h6-8,10,14,16H,2-5,15H2,1H3/b9-8-,14-11?. The third kappa shape index (κ3) is 2.92. The van der Waals surface area contributed by atoms with Crippen LogP contribution in [0.1, 0.15) is 12.8 Å². The quantitative estimate of drug-likeness (QED) is 0.698. The maximum atomic E-state index is 7.90. The molecule has 0 amide bonds. The predicted molar refractivity (Wildman–Crippen MR) is 70.1 cm³/mol. The smallest absolute Gasteiger partial charge is 0.144 e. The van der Waals surface area contributed by atoms with Crippen LogP contribution in [0.2, 0.25) is 0 Å². The van der Waals surface area contributed by atoms with Crippen molar-refractivity contribution in [1.29, 1.82) is 5.41 Å². The van der Waals surface area contributed by atoms with Gasteiger partial charge < -0.3 is 25.9 Å². The molecule has 0 saturated carbocycles. The Hall–Kier alpha value is -1.75. The van der Waals surface area contributed by atoms with Crippen LogP contribution in [-0.2, 0) is 9.47 Å². The van der Waals surface area contributed by atoms with Crippen molar-refractivity contribution >= 4 is 5.71 Å². The lowest BCUT2D eigenvalue weighted by Crippen LogP contribution is -2.25. The molecule has 0 aromatic heterocycles. The minimum atomic E-state index is 0.138. The van der Waals surface area contributed by atoms with Crippen LogP contribution in [0, 0.1) is 5.41 Å². The summed E-state index contributed by atoms with van der Waals surface area (Å²) in [6.45, 7) is 1.45. The highest BCUT2D eigenvalue weighted by Crippen LogP contribution is 2.22. The number of allylic oxidation sites excluding steroid dienone is 3. The first kappa shape index (κ1) is 12.7. The lowest BCUT2D eigenvalue weighted by atomic mass is 10.0. The highest BCUT2D eigenvalue weighted by atomic mass is 16.5. The van der Waals surface area contributed by atoms with E-state index < -0.39 is 0 Å². The van der Waals surface area contributed by atoms with Crippen molar-refractivity contribution in [3.63, 3.8) is 0 Å². The fourth-order valence-corrected chi connectivity index (χ4v) is 1.96. The molecule has 0 radical (unpaired) electrons. The Morgan fingerprint density at radius 2 is 2.17 bits per heavy atom. The molecule has 0 spiro atoms. The van der Waals surface area contributed by atoms with Crippen molar-refractivity contribution < 1.29 is 9.47 Å². The average molecular weight is 249 g/mol. The van der Waals surface area contributed by atoms with Gasteiger partial charge in [-0.05, 0) is 6.08 Å². The highest BCUT2D eigenvalue weighted by molar-refractivity contribution is 6.10. The van der Waals surface area contributed by atoms with E-state index in [1.54, 1.807) is 25.4 Å². The first-order chi connectivity index (χ1) is 8.70. The van der Waals surface area contributed by atoms with Gasteiger partial charge in [-0.15, -0.1) is 0 Å². The van der Waals surface area contributed by atoms with Crippen molar-refractivity contribution in [2.45, 2.75) is 18.9 Å². The Morgan fingerprint density at radius 3 is 2.83 bits per heavy atom. The van der Waals surface area contributed by atoms with Gasteiger partial charge in [-0.3, -0.25) is 0 Å². The Bertz CT molecular complexity index is 418. The van der Waals surface area contributed by atoms with Gasteiger partial charge in [-0.2, -0.15) is 0 Å². The number of nitrogens with two attached hydrogens (primary N) is 1. The minimum Gasteiger partial charge on any atom is -0.488 e. The maximum Gasteiger partial charge on any atom is 0.144 e. The summed E-state index contributed by atoms with van der Waals surface area (Å²) in [6.07, 6.45) is 7.06. The molecule has 1 saturated heterocycles. The number of ether oxygens (including phenoxy) is 2. The number of nitrogens with one attached hydrogen (secondary N) is 2. The van der Waals surface area contributed by atoms with Gasteiger partial charge in [0.25, 0.3) is 0 Å². The van der Waals surface area contributed by atoms with E-state index >= 15 is 0 Å². The third-order valence-electron chi connectivity index (χ3n) is 2.94. The topological polar surface area (TPSA) is 80.4 Å². The molecule has 18 heavy (non-hydrogen) atoms. The van der Waals surface area contributed by atoms with E-state index in [1.165, 1.54) is 0 Å². The van der Waals surface area contributed by atoms with Crippen LogP contribution in [0.15, 0.2) is 35.4 Å². The zero-order valence-corrected chi connectivity index (χ0v) is 10.5.